The summed E-state index contributed by atoms with van der Waals surface area (Å²) in [6.07, 6.45) is 0.878. The van der Waals surface area contributed by atoms with Crippen molar-refractivity contribution in [2.24, 2.45) is 0 Å². The summed E-state index contributed by atoms with van der Waals surface area (Å²) in [5.74, 6) is 0. The number of hydrogen-bond donors (Lipinski definition) is 3. The Bertz CT molecular complexity index is 306. The summed E-state index contributed by atoms with van der Waals surface area (Å²) >= 11 is 0. The van der Waals surface area contributed by atoms with Crippen molar-refractivity contribution in [2.45, 2.75) is 6.42 Å². The molecule has 0 atom stereocenters. The lowest BCUT2D eigenvalue weighted by Gasteiger charge is -2.05. The van der Waals surface area contributed by atoms with E-state index in [0.29, 0.717) is 5.46 Å². The molecule has 0 radical (unpaired) electrons. The van der Waals surface area contributed by atoms with Crippen molar-refractivity contribution in [3.05, 3.63) is 23.8 Å². The Morgan fingerprint density at radius 1 is 1.31 bits per heavy atom. The summed E-state index contributed by atoms with van der Waals surface area (Å²) in [5, 5.41) is 21.2. The molecule has 1 aromatic rings. The molecule has 2 rings (SSSR count). The Hall–Kier alpha value is -0.705. The average molecular weight is 199 g/mol. The molecular weight excluding hydrogens is 188 g/mol. The number of fused-ring (bicyclic) bond motifs is 1. The van der Waals surface area contributed by atoms with Crippen LogP contribution in [0.2, 0.25) is 0 Å². The molecule has 1 aliphatic rings. The maximum Gasteiger partial charge on any atom is 0.488 e. The monoisotopic (exact) mass is 199 g/mol. The molecule has 0 saturated carbocycles. The van der Waals surface area contributed by atoms with E-state index in [4.69, 9.17) is 10.0 Å². The quantitative estimate of drug-likeness (QED) is 0.547. The Morgan fingerprint density at radius 3 is 2.77 bits per heavy atom. The molecule has 0 spiro atoms. The van der Waals surface area contributed by atoms with Crippen molar-refractivity contribution < 1.29 is 10.0 Å². The third kappa shape index (κ3) is 1.80. The van der Waals surface area contributed by atoms with Gasteiger partial charge in [0.15, 0.2) is 0 Å². The van der Waals surface area contributed by atoms with Crippen LogP contribution < -0.4 is 10.8 Å². The summed E-state index contributed by atoms with van der Waals surface area (Å²) in [6.45, 7) is 0.888. The average Bonchev–Trinajstić information content (AvgIpc) is 2.49. The van der Waals surface area contributed by atoms with E-state index in [9.17, 15) is 0 Å². The fourth-order valence-corrected chi connectivity index (χ4v) is 1.61. The van der Waals surface area contributed by atoms with E-state index < -0.39 is 7.12 Å². The second-order valence-corrected chi connectivity index (χ2v) is 2.92. The standard InChI is InChI=1S/C8H10BNO2.ClH/c11-9(12)7-2-1-3-8-6(7)4-5-10-8;/h1-3,10-12H,4-5H2;1H. The van der Waals surface area contributed by atoms with E-state index in [-0.39, 0.29) is 12.4 Å². The van der Waals surface area contributed by atoms with Crippen LogP contribution in [0.25, 0.3) is 0 Å². The fourth-order valence-electron chi connectivity index (χ4n) is 1.61. The highest BCUT2D eigenvalue weighted by Gasteiger charge is 2.20. The van der Waals surface area contributed by atoms with Crippen molar-refractivity contribution in [2.75, 3.05) is 11.9 Å². The van der Waals surface area contributed by atoms with Crippen LogP contribution in [0, 0.1) is 0 Å². The van der Waals surface area contributed by atoms with Crippen molar-refractivity contribution in [3.8, 4) is 0 Å². The second-order valence-electron chi connectivity index (χ2n) is 2.92. The first-order chi connectivity index (χ1) is 5.79. The molecule has 0 unspecified atom stereocenters. The van der Waals surface area contributed by atoms with Gasteiger partial charge in [-0.15, -0.1) is 12.4 Å². The molecule has 3 nitrogen and oxygen atoms in total. The van der Waals surface area contributed by atoms with E-state index in [0.717, 1.165) is 24.2 Å². The number of hydrogen-bond acceptors (Lipinski definition) is 3. The summed E-state index contributed by atoms with van der Waals surface area (Å²) in [7, 11) is -1.35. The molecule has 1 aliphatic heterocycles. The van der Waals surface area contributed by atoms with Gasteiger partial charge in [-0.3, -0.25) is 0 Å². The largest absolute Gasteiger partial charge is 0.488 e. The van der Waals surface area contributed by atoms with Crippen LogP contribution >= 0.6 is 12.4 Å². The minimum absolute atomic E-state index is 0. The fraction of sp³-hybridized carbons (Fsp3) is 0.250. The summed E-state index contributed by atoms with van der Waals surface area (Å²) in [6, 6.07) is 5.52. The van der Waals surface area contributed by atoms with Gasteiger partial charge in [-0.1, -0.05) is 12.1 Å². The number of halogens is 1. The Morgan fingerprint density at radius 2 is 2.08 bits per heavy atom. The first-order valence-electron chi connectivity index (χ1n) is 4.01. The van der Waals surface area contributed by atoms with Gasteiger partial charge in [-0.2, -0.15) is 0 Å². The molecule has 1 heterocycles. The van der Waals surface area contributed by atoms with Crippen LogP contribution in [0.3, 0.4) is 0 Å². The van der Waals surface area contributed by atoms with E-state index in [2.05, 4.69) is 5.32 Å². The topological polar surface area (TPSA) is 52.5 Å². The molecular formula is C8H11BClNO2. The van der Waals surface area contributed by atoms with E-state index in [1.807, 2.05) is 12.1 Å². The molecule has 0 bridgehead atoms. The van der Waals surface area contributed by atoms with Gasteiger partial charge in [-0.25, -0.2) is 0 Å². The van der Waals surface area contributed by atoms with Crippen molar-refractivity contribution in [1.29, 1.82) is 0 Å². The first-order valence-corrected chi connectivity index (χ1v) is 4.01. The number of rotatable bonds is 1. The summed E-state index contributed by atoms with van der Waals surface area (Å²) in [4.78, 5) is 0. The Balaban J connectivity index is 0.000000845. The predicted octanol–water partition coefficient (Wildman–Crippen LogP) is -0.244. The highest BCUT2D eigenvalue weighted by Crippen LogP contribution is 2.19. The lowest BCUT2D eigenvalue weighted by molar-refractivity contribution is 0.425. The maximum absolute atomic E-state index is 9.02. The van der Waals surface area contributed by atoms with Crippen LogP contribution in [0.1, 0.15) is 5.56 Å². The van der Waals surface area contributed by atoms with Crippen molar-refractivity contribution >= 4 is 30.7 Å². The van der Waals surface area contributed by atoms with E-state index >= 15 is 0 Å². The van der Waals surface area contributed by atoms with Gasteiger partial charge in [0, 0.05) is 12.2 Å². The molecule has 0 amide bonds. The highest BCUT2D eigenvalue weighted by molar-refractivity contribution is 6.59. The van der Waals surface area contributed by atoms with E-state index in [1.165, 1.54) is 0 Å². The summed E-state index contributed by atoms with van der Waals surface area (Å²) in [5.41, 5.74) is 2.69. The van der Waals surface area contributed by atoms with Crippen LogP contribution in [0.5, 0.6) is 0 Å². The Labute approximate surface area is 83.3 Å². The second kappa shape index (κ2) is 4.00. The smallest absolute Gasteiger partial charge is 0.423 e. The lowest BCUT2D eigenvalue weighted by atomic mass is 9.76. The predicted molar refractivity (Wildman–Crippen MR) is 55.7 cm³/mol. The molecule has 13 heavy (non-hydrogen) atoms. The van der Waals surface area contributed by atoms with Crippen LogP contribution in [0.15, 0.2) is 18.2 Å². The molecule has 0 saturated heterocycles. The molecule has 3 N–H and O–H groups in total. The van der Waals surface area contributed by atoms with Crippen LogP contribution in [0.4, 0.5) is 5.69 Å². The summed E-state index contributed by atoms with van der Waals surface area (Å²) < 4.78 is 0. The first kappa shape index (κ1) is 10.4. The van der Waals surface area contributed by atoms with Crippen LogP contribution in [-0.4, -0.2) is 23.7 Å². The molecule has 0 aliphatic carbocycles. The number of nitrogens with one attached hydrogen (secondary N) is 1. The minimum atomic E-state index is -1.35. The third-order valence-corrected chi connectivity index (χ3v) is 2.18. The van der Waals surface area contributed by atoms with Gasteiger partial charge in [0.25, 0.3) is 0 Å². The molecule has 70 valence electrons. The zero-order valence-electron chi connectivity index (χ0n) is 7.03. The third-order valence-electron chi connectivity index (χ3n) is 2.18. The SMILES string of the molecule is Cl.OB(O)c1cccc2c1CCN2. The van der Waals surface area contributed by atoms with Gasteiger partial charge in [0.2, 0.25) is 0 Å². The van der Waals surface area contributed by atoms with Gasteiger partial charge < -0.3 is 15.4 Å². The molecule has 0 aromatic heterocycles. The van der Waals surface area contributed by atoms with Gasteiger partial charge in [0.05, 0.1) is 0 Å². The molecule has 1 aromatic carbocycles. The minimum Gasteiger partial charge on any atom is -0.423 e. The number of anilines is 1. The lowest BCUT2D eigenvalue weighted by Crippen LogP contribution is -2.32. The molecule has 5 heteroatoms. The van der Waals surface area contributed by atoms with Gasteiger partial charge in [0.1, 0.15) is 0 Å². The zero-order valence-corrected chi connectivity index (χ0v) is 7.84. The molecule has 0 fully saturated rings. The Kier molecular flexibility index (Phi) is 3.19. The zero-order chi connectivity index (χ0) is 8.55. The maximum atomic E-state index is 9.02. The van der Waals surface area contributed by atoms with Crippen LogP contribution in [-0.2, 0) is 6.42 Å². The number of benzene rings is 1. The van der Waals surface area contributed by atoms with Crippen molar-refractivity contribution in [1.82, 2.24) is 0 Å². The highest BCUT2D eigenvalue weighted by atomic mass is 35.5. The van der Waals surface area contributed by atoms with Crippen molar-refractivity contribution in [3.63, 3.8) is 0 Å². The van der Waals surface area contributed by atoms with Gasteiger partial charge >= 0.3 is 7.12 Å². The normalized spacial score (nSPS) is 12.8. The van der Waals surface area contributed by atoms with E-state index in [1.54, 1.807) is 6.07 Å². The van der Waals surface area contributed by atoms with Gasteiger partial charge in [-0.05, 0) is 23.5 Å².